The fraction of sp³-hybridized carbons (Fsp3) is 0.600. The van der Waals surface area contributed by atoms with E-state index in [4.69, 9.17) is 15.5 Å². The first kappa shape index (κ1) is 28.0. The summed E-state index contributed by atoms with van der Waals surface area (Å²) < 4.78 is 7.86. The molecular formula is C30H42N8O3. The molecule has 1 saturated heterocycles. The van der Waals surface area contributed by atoms with Gasteiger partial charge in [0.05, 0.1) is 17.4 Å². The van der Waals surface area contributed by atoms with Crippen LogP contribution in [0.3, 0.4) is 0 Å². The number of aliphatic hydroxyl groups is 2. The lowest BCUT2D eigenvalue weighted by Gasteiger charge is -2.46. The van der Waals surface area contributed by atoms with Gasteiger partial charge in [-0.25, -0.2) is 19.9 Å². The number of nitrogens with two attached hydrogens (primary N) is 1. The molecule has 11 nitrogen and oxygen atoms in total. The number of rotatable bonds is 8. The lowest BCUT2D eigenvalue weighted by Crippen LogP contribution is -2.52. The summed E-state index contributed by atoms with van der Waals surface area (Å²) in [4.78, 5) is 23.3. The average molecular weight is 563 g/mol. The molecule has 2 fully saturated rings. The molecule has 41 heavy (non-hydrogen) atoms. The van der Waals surface area contributed by atoms with E-state index in [9.17, 15) is 10.2 Å². The summed E-state index contributed by atoms with van der Waals surface area (Å²) in [6, 6.07) is 7.22. The summed E-state index contributed by atoms with van der Waals surface area (Å²) in [6.45, 7) is 11.6. The first-order chi connectivity index (χ1) is 19.5. The molecule has 11 heteroatoms. The Bertz CT molecular complexity index is 1520. The van der Waals surface area contributed by atoms with Gasteiger partial charge in [-0.05, 0) is 62.1 Å². The second-order valence-electron chi connectivity index (χ2n) is 13.1. The first-order valence-electron chi connectivity index (χ1n) is 14.7. The van der Waals surface area contributed by atoms with Gasteiger partial charge in [0.1, 0.15) is 36.0 Å². The Kier molecular flexibility index (Phi) is 7.25. The van der Waals surface area contributed by atoms with Crippen LogP contribution in [-0.2, 0) is 16.6 Å². The number of aliphatic hydroxyl groups excluding tert-OH is 2. The normalized spacial score (nSPS) is 27.0. The molecule has 4 aromatic rings. The van der Waals surface area contributed by atoms with E-state index in [1.165, 1.54) is 18.2 Å². The number of nitrogens with one attached hydrogen (secondary N) is 1. The minimum atomic E-state index is -1.11. The number of hydrogen-bond acceptors (Lipinski definition) is 9. The molecule has 220 valence electrons. The Morgan fingerprint density at radius 3 is 2.66 bits per heavy atom. The predicted octanol–water partition coefficient (Wildman–Crippen LogP) is 3.32. The zero-order valence-corrected chi connectivity index (χ0v) is 24.5. The Labute approximate surface area is 240 Å². The Balaban J connectivity index is 1.06. The van der Waals surface area contributed by atoms with Crippen LogP contribution in [0.1, 0.15) is 71.5 Å². The molecule has 0 radical (unpaired) electrons. The van der Waals surface area contributed by atoms with E-state index < -0.39 is 24.5 Å². The number of fused-ring (bicyclic) bond motifs is 2. The van der Waals surface area contributed by atoms with Crippen molar-refractivity contribution < 1.29 is 14.9 Å². The molecule has 0 spiro atoms. The van der Waals surface area contributed by atoms with Crippen LogP contribution in [0, 0.1) is 5.92 Å². The van der Waals surface area contributed by atoms with Gasteiger partial charge in [-0.15, -0.1) is 0 Å². The molecule has 1 aliphatic carbocycles. The van der Waals surface area contributed by atoms with Gasteiger partial charge in [-0.1, -0.05) is 26.8 Å². The van der Waals surface area contributed by atoms with Gasteiger partial charge in [0.25, 0.3) is 0 Å². The molecule has 1 aromatic carbocycles. The number of anilines is 1. The lowest BCUT2D eigenvalue weighted by atomic mass is 9.76. The molecule has 6 rings (SSSR count). The molecule has 2 aliphatic rings. The third-order valence-electron chi connectivity index (χ3n) is 8.92. The Morgan fingerprint density at radius 1 is 1.15 bits per heavy atom. The van der Waals surface area contributed by atoms with E-state index in [2.05, 4.69) is 77.7 Å². The highest BCUT2D eigenvalue weighted by Gasteiger charge is 2.46. The van der Waals surface area contributed by atoms with Gasteiger partial charge in [0.2, 0.25) is 0 Å². The van der Waals surface area contributed by atoms with Crippen molar-refractivity contribution in [2.24, 2.45) is 5.92 Å². The van der Waals surface area contributed by atoms with Crippen LogP contribution in [0.25, 0.3) is 22.2 Å². The Hall–Kier alpha value is -3.12. The smallest absolute Gasteiger partial charge is 0.167 e. The van der Waals surface area contributed by atoms with Crippen molar-refractivity contribution in [1.29, 1.82) is 0 Å². The van der Waals surface area contributed by atoms with Crippen molar-refractivity contribution in [3.8, 4) is 0 Å². The minimum absolute atomic E-state index is 0.110. The van der Waals surface area contributed by atoms with Crippen LogP contribution in [0.4, 0.5) is 5.82 Å². The second kappa shape index (κ2) is 10.6. The quantitative estimate of drug-likeness (QED) is 0.253. The molecule has 0 bridgehead atoms. The number of nitrogen functional groups attached to an aromatic ring is 1. The van der Waals surface area contributed by atoms with Crippen molar-refractivity contribution in [3.05, 3.63) is 42.2 Å². The maximum atomic E-state index is 10.9. The number of H-pyrrole nitrogens is 1. The summed E-state index contributed by atoms with van der Waals surface area (Å²) in [5, 5.41) is 21.8. The zero-order valence-electron chi connectivity index (χ0n) is 24.5. The minimum Gasteiger partial charge on any atom is -0.387 e. The highest BCUT2D eigenvalue weighted by Crippen LogP contribution is 2.38. The standard InChI is InChI=1S/C30H42N8O3/c1-16(2)37(13-22-25(39)26(40)29(41-22)38-15-34-24-27(31)32-14-33-28(24)38)19-10-17(11-19)6-9-23-35-20-8-7-18(30(3,4)5)12-21(20)36-23/h7-8,12,14-17,19,22,25-26,29,39-40H,6,9-11,13H2,1-5H3,(H,35,36)(H2,31,32,33)/t17?,19?,22-,25-,26+,29-/m0/s1. The monoisotopic (exact) mass is 562 g/mol. The summed E-state index contributed by atoms with van der Waals surface area (Å²) in [6.07, 6.45) is 3.63. The summed E-state index contributed by atoms with van der Waals surface area (Å²) >= 11 is 0. The molecule has 0 unspecified atom stereocenters. The number of aromatic amines is 1. The molecule has 1 saturated carbocycles. The fourth-order valence-electron chi connectivity index (χ4n) is 6.35. The number of benzene rings is 1. The number of hydrogen-bond donors (Lipinski definition) is 4. The average Bonchev–Trinajstić information content (AvgIpc) is 3.58. The Morgan fingerprint density at radius 2 is 1.93 bits per heavy atom. The first-order valence-corrected chi connectivity index (χ1v) is 14.7. The van der Waals surface area contributed by atoms with E-state index >= 15 is 0 Å². The SMILES string of the molecule is CC(C)N(C[C@@H]1O[C@H](n2cnc3c(N)ncnc32)[C@H](O)[C@H]1O)C1CC(CCc2nc3ccc(C(C)(C)C)cc3[nH]2)C1. The highest BCUT2D eigenvalue weighted by molar-refractivity contribution is 5.81. The van der Waals surface area contributed by atoms with Crippen molar-refractivity contribution in [3.63, 3.8) is 0 Å². The molecule has 4 heterocycles. The van der Waals surface area contributed by atoms with Crippen LogP contribution in [0.15, 0.2) is 30.9 Å². The molecule has 4 atom stereocenters. The second-order valence-corrected chi connectivity index (χ2v) is 13.1. The van der Waals surface area contributed by atoms with Crippen molar-refractivity contribution in [2.75, 3.05) is 12.3 Å². The third kappa shape index (κ3) is 5.31. The number of nitrogens with zero attached hydrogens (tertiary/aromatic N) is 6. The molecule has 5 N–H and O–H groups in total. The van der Waals surface area contributed by atoms with E-state index in [1.54, 1.807) is 4.57 Å². The van der Waals surface area contributed by atoms with Gasteiger partial charge < -0.3 is 25.7 Å². The maximum Gasteiger partial charge on any atom is 0.167 e. The van der Waals surface area contributed by atoms with Gasteiger partial charge in [0, 0.05) is 25.0 Å². The van der Waals surface area contributed by atoms with Crippen molar-refractivity contribution >= 4 is 28.0 Å². The van der Waals surface area contributed by atoms with E-state index in [-0.39, 0.29) is 17.3 Å². The van der Waals surface area contributed by atoms with E-state index in [0.29, 0.717) is 29.7 Å². The lowest BCUT2D eigenvalue weighted by molar-refractivity contribution is -0.0620. The molecule has 0 amide bonds. The third-order valence-corrected chi connectivity index (χ3v) is 8.92. The molecular weight excluding hydrogens is 520 g/mol. The van der Waals surface area contributed by atoms with Crippen molar-refractivity contribution in [2.45, 2.75) is 102 Å². The van der Waals surface area contributed by atoms with Crippen LogP contribution >= 0.6 is 0 Å². The molecule has 1 aliphatic heterocycles. The van der Waals surface area contributed by atoms with Crippen molar-refractivity contribution in [1.82, 2.24) is 34.4 Å². The van der Waals surface area contributed by atoms with Gasteiger partial charge in [0.15, 0.2) is 17.7 Å². The highest BCUT2D eigenvalue weighted by atomic mass is 16.6. The maximum absolute atomic E-state index is 10.9. The van der Waals surface area contributed by atoms with Crippen LogP contribution in [0.5, 0.6) is 0 Å². The number of aryl methyl sites for hydroxylation is 1. The van der Waals surface area contributed by atoms with Crippen LogP contribution in [-0.4, -0.2) is 81.5 Å². The van der Waals surface area contributed by atoms with E-state index in [1.807, 2.05) is 0 Å². The predicted molar refractivity (Wildman–Crippen MR) is 157 cm³/mol. The van der Waals surface area contributed by atoms with Crippen LogP contribution < -0.4 is 5.73 Å². The summed E-state index contributed by atoms with van der Waals surface area (Å²) in [5.41, 5.74) is 10.4. The zero-order chi connectivity index (χ0) is 29.1. The van der Waals surface area contributed by atoms with Gasteiger partial charge in [-0.3, -0.25) is 9.47 Å². The van der Waals surface area contributed by atoms with Gasteiger partial charge >= 0.3 is 0 Å². The number of aromatic nitrogens is 6. The van der Waals surface area contributed by atoms with Gasteiger partial charge in [-0.2, -0.15) is 0 Å². The summed E-state index contributed by atoms with van der Waals surface area (Å²) in [7, 11) is 0. The summed E-state index contributed by atoms with van der Waals surface area (Å²) in [5.74, 6) is 1.95. The largest absolute Gasteiger partial charge is 0.387 e. The van der Waals surface area contributed by atoms with E-state index in [0.717, 1.165) is 42.5 Å². The number of ether oxygens (including phenoxy) is 1. The topological polar surface area (TPSA) is 151 Å². The number of imidazole rings is 2. The molecule has 3 aromatic heterocycles. The van der Waals surface area contributed by atoms with Crippen LogP contribution in [0.2, 0.25) is 0 Å². The fourth-order valence-corrected chi connectivity index (χ4v) is 6.35.